The lowest BCUT2D eigenvalue weighted by molar-refractivity contribution is 0.502. The molecule has 0 heterocycles. The van der Waals surface area contributed by atoms with Crippen LogP contribution < -0.4 is 0 Å². The van der Waals surface area contributed by atoms with Crippen molar-refractivity contribution in [3.63, 3.8) is 0 Å². The monoisotopic (exact) mass is 321 g/mol. The molecule has 0 fully saturated rings. The molecule has 110 valence electrons. The van der Waals surface area contributed by atoms with E-state index in [1.165, 1.54) is 23.5 Å². The number of nitrogens with zero attached hydrogens (tertiary/aromatic N) is 1. The fourth-order valence-corrected chi connectivity index (χ4v) is 3.20. The van der Waals surface area contributed by atoms with Crippen molar-refractivity contribution in [2.75, 3.05) is 13.6 Å². The minimum atomic E-state index is -3.54. The van der Waals surface area contributed by atoms with Crippen LogP contribution in [0.2, 0.25) is 5.02 Å². The van der Waals surface area contributed by atoms with Crippen molar-refractivity contribution in [1.29, 1.82) is 0 Å². The molecule has 2 aromatic carbocycles. The fourth-order valence-electron chi connectivity index (χ4n) is 1.91. The maximum atomic E-state index is 12.5. The maximum Gasteiger partial charge on any atom is 0.243 e. The van der Waals surface area contributed by atoms with E-state index in [2.05, 4.69) is 6.58 Å². The molecule has 0 radical (unpaired) electrons. The number of halogens is 1. The van der Waals surface area contributed by atoms with E-state index >= 15 is 0 Å². The molecule has 0 N–H and O–H groups in total. The van der Waals surface area contributed by atoms with E-state index in [1.54, 1.807) is 12.1 Å². The second kappa shape index (κ2) is 6.43. The molecular formula is C16H16ClNO2S. The van der Waals surface area contributed by atoms with E-state index in [0.717, 1.165) is 11.1 Å². The van der Waals surface area contributed by atoms with Gasteiger partial charge in [0.2, 0.25) is 10.0 Å². The number of hydrogen-bond donors (Lipinski definition) is 0. The number of sulfonamides is 1. The summed E-state index contributed by atoms with van der Waals surface area (Å²) >= 11 is 5.78. The SMILES string of the molecule is C=C(CN(C)S(=O)(=O)c1ccc(Cl)cc1)c1ccccc1. The van der Waals surface area contributed by atoms with Gasteiger partial charge in [0.05, 0.1) is 4.90 Å². The van der Waals surface area contributed by atoms with Gasteiger partial charge in [-0.2, -0.15) is 4.31 Å². The van der Waals surface area contributed by atoms with Crippen LogP contribution in [0, 0.1) is 0 Å². The quantitative estimate of drug-likeness (QED) is 0.842. The second-order valence-corrected chi connectivity index (χ2v) is 7.17. The number of hydrogen-bond acceptors (Lipinski definition) is 2. The van der Waals surface area contributed by atoms with Gasteiger partial charge < -0.3 is 0 Å². The summed E-state index contributed by atoms with van der Waals surface area (Å²) < 4.78 is 26.2. The maximum absolute atomic E-state index is 12.5. The molecule has 0 saturated heterocycles. The summed E-state index contributed by atoms with van der Waals surface area (Å²) in [5.74, 6) is 0. The average Bonchev–Trinajstić information content (AvgIpc) is 2.48. The van der Waals surface area contributed by atoms with E-state index in [1.807, 2.05) is 30.3 Å². The predicted molar refractivity (Wildman–Crippen MR) is 86.7 cm³/mol. The highest BCUT2D eigenvalue weighted by Crippen LogP contribution is 2.20. The molecule has 0 atom stereocenters. The van der Waals surface area contributed by atoms with Crippen LogP contribution in [0.3, 0.4) is 0 Å². The van der Waals surface area contributed by atoms with E-state index in [0.29, 0.717) is 5.02 Å². The summed E-state index contributed by atoms with van der Waals surface area (Å²) in [6, 6.07) is 15.6. The Balaban J connectivity index is 2.17. The van der Waals surface area contributed by atoms with Crippen LogP contribution in [0.4, 0.5) is 0 Å². The van der Waals surface area contributed by atoms with Gasteiger partial charge in [-0.15, -0.1) is 0 Å². The highest BCUT2D eigenvalue weighted by Gasteiger charge is 2.21. The molecule has 5 heteroatoms. The number of rotatable bonds is 5. The lowest BCUT2D eigenvalue weighted by atomic mass is 10.1. The van der Waals surface area contributed by atoms with Crippen molar-refractivity contribution in [2.45, 2.75) is 4.90 Å². The molecule has 3 nitrogen and oxygen atoms in total. The Morgan fingerprint density at radius 3 is 2.24 bits per heavy atom. The van der Waals surface area contributed by atoms with Crippen molar-refractivity contribution in [2.24, 2.45) is 0 Å². The van der Waals surface area contributed by atoms with Crippen molar-refractivity contribution in [3.05, 3.63) is 71.8 Å². The normalized spacial score (nSPS) is 11.6. The molecule has 2 aromatic rings. The van der Waals surface area contributed by atoms with E-state index in [9.17, 15) is 8.42 Å². The summed E-state index contributed by atoms with van der Waals surface area (Å²) in [6.45, 7) is 4.19. The average molecular weight is 322 g/mol. The van der Waals surface area contributed by atoms with Crippen LogP contribution >= 0.6 is 11.6 Å². The van der Waals surface area contributed by atoms with Gasteiger partial charge in [-0.1, -0.05) is 48.5 Å². The van der Waals surface area contributed by atoms with Gasteiger partial charge in [-0.05, 0) is 35.4 Å². The topological polar surface area (TPSA) is 37.4 Å². The number of likely N-dealkylation sites (N-methyl/N-ethyl adjacent to an activating group) is 1. The van der Waals surface area contributed by atoms with Crippen LogP contribution in [-0.2, 0) is 10.0 Å². The predicted octanol–water partition coefficient (Wildman–Crippen LogP) is 3.67. The first-order valence-electron chi connectivity index (χ1n) is 6.36. The summed E-state index contributed by atoms with van der Waals surface area (Å²) in [6.07, 6.45) is 0. The third-order valence-electron chi connectivity index (χ3n) is 3.12. The van der Waals surface area contributed by atoms with Crippen molar-refractivity contribution >= 4 is 27.2 Å². The van der Waals surface area contributed by atoms with Crippen molar-refractivity contribution in [3.8, 4) is 0 Å². The first kappa shape index (κ1) is 15.8. The first-order chi connectivity index (χ1) is 9.91. The largest absolute Gasteiger partial charge is 0.243 e. The Labute approximate surface area is 130 Å². The summed E-state index contributed by atoms with van der Waals surface area (Å²) in [7, 11) is -2.01. The third kappa shape index (κ3) is 3.73. The zero-order chi connectivity index (χ0) is 15.5. The lowest BCUT2D eigenvalue weighted by Crippen LogP contribution is -2.28. The standard InChI is InChI=1S/C16H16ClNO2S/c1-13(14-6-4-3-5-7-14)12-18(2)21(19,20)16-10-8-15(17)9-11-16/h3-11H,1,12H2,2H3. The molecule has 0 spiro atoms. The third-order valence-corrected chi connectivity index (χ3v) is 5.19. The van der Waals surface area contributed by atoms with Crippen LogP contribution in [0.25, 0.3) is 5.57 Å². The summed E-state index contributed by atoms with van der Waals surface area (Å²) in [5, 5.41) is 0.505. The molecule has 0 aromatic heterocycles. The molecule has 2 rings (SSSR count). The van der Waals surface area contributed by atoms with Gasteiger partial charge in [0, 0.05) is 18.6 Å². The molecule has 0 bridgehead atoms. The summed E-state index contributed by atoms with van der Waals surface area (Å²) in [4.78, 5) is 0.218. The Bertz CT molecular complexity index is 725. The van der Waals surface area contributed by atoms with E-state index in [-0.39, 0.29) is 11.4 Å². The highest BCUT2D eigenvalue weighted by molar-refractivity contribution is 7.89. The molecule has 21 heavy (non-hydrogen) atoms. The molecule has 0 unspecified atom stereocenters. The Kier molecular flexibility index (Phi) is 4.83. The van der Waals surface area contributed by atoms with Gasteiger partial charge in [-0.3, -0.25) is 0 Å². The smallest absolute Gasteiger partial charge is 0.207 e. The van der Waals surface area contributed by atoms with E-state index in [4.69, 9.17) is 11.6 Å². The van der Waals surface area contributed by atoms with Gasteiger partial charge in [0.25, 0.3) is 0 Å². The second-order valence-electron chi connectivity index (χ2n) is 4.68. The molecular weight excluding hydrogens is 306 g/mol. The van der Waals surface area contributed by atoms with Crippen LogP contribution in [0.15, 0.2) is 66.1 Å². The molecule has 0 amide bonds. The fraction of sp³-hybridized carbons (Fsp3) is 0.125. The Morgan fingerprint density at radius 2 is 1.67 bits per heavy atom. The number of benzene rings is 2. The lowest BCUT2D eigenvalue weighted by Gasteiger charge is -2.18. The Morgan fingerprint density at radius 1 is 1.10 bits per heavy atom. The zero-order valence-electron chi connectivity index (χ0n) is 11.7. The first-order valence-corrected chi connectivity index (χ1v) is 8.18. The van der Waals surface area contributed by atoms with Crippen LogP contribution in [-0.4, -0.2) is 26.3 Å². The minimum Gasteiger partial charge on any atom is -0.207 e. The molecule has 0 aliphatic heterocycles. The van der Waals surface area contributed by atoms with Crippen LogP contribution in [0.5, 0.6) is 0 Å². The summed E-state index contributed by atoms with van der Waals surface area (Å²) in [5.41, 5.74) is 1.67. The van der Waals surface area contributed by atoms with Crippen molar-refractivity contribution < 1.29 is 8.42 Å². The highest BCUT2D eigenvalue weighted by atomic mass is 35.5. The van der Waals surface area contributed by atoms with Crippen LogP contribution in [0.1, 0.15) is 5.56 Å². The zero-order valence-corrected chi connectivity index (χ0v) is 13.2. The molecule has 0 aliphatic carbocycles. The van der Waals surface area contributed by atoms with Gasteiger partial charge in [-0.25, -0.2) is 8.42 Å². The molecule has 0 aliphatic rings. The van der Waals surface area contributed by atoms with Gasteiger partial charge in [0.15, 0.2) is 0 Å². The van der Waals surface area contributed by atoms with E-state index < -0.39 is 10.0 Å². The van der Waals surface area contributed by atoms with Gasteiger partial charge in [0.1, 0.15) is 0 Å². The minimum absolute atomic E-state index is 0.218. The van der Waals surface area contributed by atoms with Gasteiger partial charge >= 0.3 is 0 Å². The molecule has 0 saturated carbocycles. The Hall–Kier alpha value is -1.62. The van der Waals surface area contributed by atoms with Crippen molar-refractivity contribution in [1.82, 2.24) is 4.31 Å².